The molecule has 7 rings (SSSR count). The van der Waals surface area contributed by atoms with E-state index in [9.17, 15) is 14.4 Å². The summed E-state index contributed by atoms with van der Waals surface area (Å²) in [6, 6.07) is 22.8. The topological polar surface area (TPSA) is 54.5 Å². The van der Waals surface area contributed by atoms with Gasteiger partial charge in [0, 0.05) is 9.89 Å². The van der Waals surface area contributed by atoms with Crippen molar-refractivity contribution in [2.24, 2.45) is 11.8 Å². The Kier molecular flexibility index (Phi) is 3.63. The maximum atomic E-state index is 13.9. The summed E-state index contributed by atoms with van der Waals surface area (Å²) in [6.45, 7) is 2.05. The molecule has 2 atom stereocenters. The Morgan fingerprint density at radius 1 is 0.774 bits per heavy atom. The van der Waals surface area contributed by atoms with Gasteiger partial charge in [0.25, 0.3) is 0 Å². The number of hydrogen-bond acceptors (Lipinski definition) is 3. The summed E-state index contributed by atoms with van der Waals surface area (Å²) in [5.41, 5.74) is 2.22. The number of carbonyl (C=O) groups excluding carboxylic acids is 3. The fourth-order valence-electron chi connectivity index (χ4n) is 6.33. The highest BCUT2D eigenvalue weighted by Gasteiger charge is 2.72. The Labute approximate surface area is 188 Å². The zero-order chi connectivity index (χ0) is 21.5. The molecule has 0 radical (unpaired) electrons. The largest absolute Gasteiger partial charge is 0.302 e. The molecule has 1 aliphatic heterocycles. The molecule has 1 fully saturated rings. The van der Waals surface area contributed by atoms with Crippen molar-refractivity contribution in [1.82, 2.24) is 0 Å². The molecule has 2 bridgehead atoms. The minimum Gasteiger partial charge on any atom is -0.302 e. The number of halogens is 1. The van der Waals surface area contributed by atoms with E-state index in [4.69, 9.17) is 0 Å². The van der Waals surface area contributed by atoms with Crippen LogP contribution in [0.1, 0.15) is 29.2 Å². The number of rotatable bonds is 2. The van der Waals surface area contributed by atoms with Gasteiger partial charge in [0.15, 0.2) is 0 Å². The van der Waals surface area contributed by atoms with E-state index in [-0.39, 0.29) is 11.8 Å². The van der Waals surface area contributed by atoms with Gasteiger partial charge in [-0.05, 0) is 50.3 Å². The average Bonchev–Trinajstić information content (AvgIpc) is 3.07. The molecule has 2 amide bonds. The minimum atomic E-state index is -1.18. The quantitative estimate of drug-likeness (QED) is 0.411. The number of carbonyl (C=O) groups is 3. The number of amides is 2. The first kappa shape index (κ1) is 18.7. The van der Waals surface area contributed by atoms with Crippen LogP contribution in [-0.4, -0.2) is 18.1 Å². The molecule has 4 aliphatic rings. The van der Waals surface area contributed by atoms with Crippen LogP contribution in [-0.2, 0) is 25.2 Å². The van der Waals surface area contributed by atoms with E-state index in [0.717, 1.165) is 28.5 Å². The van der Waals surface area contributed by atoms with Crippen molar-refractivity contribution in [2.75, 3.05) is 4.90 Å². The highest BCUT2D eigenvalue weighted by molar-refractivity contribution is 9.10. The first-order chi connectivity index (χ1) is 15.0. The van der Waals surface area contributed by atoms with E-state index >= 15 is 0 Å². The predicted octanol–water partition coefficient (Wildman–Crippen LogP) is 4.37. The second-order valence-electron chi connectivity index (χ2n) is 8.70. The van der Waals surface area contributed by atoms with Gasteiger partial charge >= 0.3 is 0 Å². The first-order valence-electron chi connectivity index (χ1n) is 10.3. The van der Waals surface area contributed by atoms with E-state index in [1.807, 2.05) is 67.6 Å². The van der Waals surface area contributed by atoms with Crippen LogP contribution in [0.25, 0.3) is 0 Å². The lowest BCUT2D eigenvalue weighted by Crippen LogP contribution is -2.61. The Morgan fingerprint density at radius 3 is 1.81 bits per heavy atom. The van der Waals surface area contributed by atoms with Gasteiger partial charge < -0.3 is 4.79 Å². The van der Waals surface area contributed by atoms with Crippen molar-refractivity contribution in [3.63, 3.8) is 0 Å². The molecule has 3 aromatic rings. The molecule has 1 heterocycles. The van der Waals surface area contributed by atoms with Gasteiger partial charge in [-0.25, -0.2) is 4.90 Å². The van der Waals surface area contributed by atoms with Crippen molar-refractivity contribution in [1.29, 1.82) is 0 Å². The van der Waals surface area contributed by atoms with Gasteiger partial charge in [-0.1, -0.05) is 67.6 Å². The molecule has 5 heteroatoms. The van der Waals surface area contributed by atoms with Gasteiger partial charge in [-0.15, -0.1) is 0 Å². The zero-order valence-corrected chi connectivity index (χ0v) is 18.3. The van der Waals surface area contributed by atoms with Gasteiger partial charge in [0.05, 0.1) is 22.9 Å². The van der Waals surface area contributed by atoms with Crippen molar-refractivity contribution < 1.29 is 14.4 Å². The third kappa shape index (κ3) is 1.94. The molecule has 0 aromatic heterocycles. The molecule has 0 unspecified atom stereocenters. The van der Waals surface area contributed by atoms with E-state index in [2.05, 4.69) is 15.9 Å². The Hall–Kier alpha value is -3.05. The summed E-state index contributed by atoms with van der Waals surface area (Å²) in [6.07, 6.45) is 0.899. The SMILES string of the molecule is CC12c3ccccc3C(C=O)(c3ccccc31)[C@@H]1C(=O)N(c3ccccc3Br)C(=O)[C@H]12. The van der Waals surface area contributed by atoms with Crippen LogP contribution in [0.5, 0.6) is 0 Å². The second-order valence-corrected chi connectivity index (χ2v) is 9.55. The normalized spacial score (nSPS) is 30.1. The fourth-order valence-corrected chi connectivity index (χ4v) is 6.80. The molecule has 0 N–H and O–H groups in total. The van der Waals surface area contributed by atoms with Crippen LogP contribution >= 0.6 is 15.9 Å². The first-order valence-corrected chi connectivity index (χ1v) is 11.1. The Bertz CT molecular complexity index is 1270. The van der Waals surface area contributed by atoms with E-state index in [1.54, 1.807) is 12.1 Å². The number of imide groups is 1. The van der Waals surface area contributed by atoms with Crippen LogP contribution in [0.4, 0.5) is 5.69 Å². The van der Waals surface area contributed by atoms with Crippen molar-refractivity contribution in [3.05, 3.63) is 99.5 Å². The summed E-state index contributed by atoms with van der Waals surface area (Å²) < 4.78 is 0.669. The number of hydrogen-bond donors (Lipinski definition) is 0. The fraction of sp³-hybridized carbons (Fsp3) is 0.192. The lowest BCUT2D eigenvalue weighted by molar-refractivity contribution is -0.129. The van der Waals surface area contributed by atoms with Crippen LogP contribution in [0.15, 0.2) is 77.3 Å². The van der Waals surface area contributed by atoms with Gasteiger partial charge in [-0.2, -0.15) is 0 Å². The predicted molar refractivity (Wildman–Crippen MR) is 120 cm³/mol. The Morgan fingerprint density at radius 2 is 1.26 bits per heavy atom. The van der Waals surface area contributed by atoms with E-state index in [1.165, 1.54) is 4.90 Å². The molecule has 31 heavy (non-hydrogen) atoms. The third-order valence-corrected chi connectivity index (χ3v) is 8.23. The highest BCUT2D eigenvalue weighted by Crippen LogP contribution is 2.66. The molecule has 3 aliphatic carbocycles. The van der Waals surface area contributed by atoms with Gasteiger partial charge in [0.2, 0.25) is 11.8 Å². The number of benzene rings is 3. The van der Waals surface area contributed by atoms with Crippen LogP contribution < -0.4 is 4.90 Å². The molecular formula is C26H18BrNO3. The molecule has 4 nitrogen and oxygen atoms in total. The summed E-state index contributed by atoms with van der Waals surface area (Å²) in [7, 11) is 0. The molecule has 152 valence electrons. The smallest absolute Gasteiger partial charge is 0.239 e. The van der Waals surface area contributed by atoms with Crippen LogP contribution in [0, 0.1) is 11.8 Å². The highest BCUT2D eigenvalue weighted by atomic mass is 79.9. The van der Waals surface area contributed by atoms with Gasteiger partial charge in [-0.3, -0.25) is 9.59 Å². The molecule has 1 saturated heterocycles. The zero-order valence-electron chi connectivity index (χ0n) is 16.7. The number of anilines is 1. The van der Waals surface area contributed by atoms with Crippen molar-refractivity contribution in [3.8, 4) is 0 Å². The summed E-state index contributed by atoms with van der Waals surface area (Å²) in [5.74, 6) is -2.00. The average molecular weight is 472 g/mol. The molecule has 0 spiro atoms. The van der Waals surface area contributed by atoms with E-state index < -0.39 is 22.7 Å². The monoisotopic (exact) mass is 471 g/mol. The number of nitrogens with zero attached hydrogens (tertiary/aromatic N) is 1. The number of para-hydroxylation sites is 1. The standard InChI is InChI=1S/C26H18BrNO3/c1-25-15-8-2-4-10-17(15)26(14-29,18-11-5-3-9-16(18)25)22-21(25)23(30)28(24(22)31)20-13-7-6-12-19(20)27/h2-14,21-22H,1H3/t21-,22-,25?,26?/m0/s1. The molecular weight excluding hydrogens is 454 g/mol. The molecule has 0 saturated carbocycles. The Balaban J connectivity index is 1.71. The summed E-state index contributed by atoms with van der Waals surface area (Å²) >= 11 is 3.49. The van der Waals surface area contributed by atoms with Crippen LogP contribution in [0.3, 0.4) is 0 Å². The lowest BCUT2D eigenvalue weighted by Gasteiger charge is -2.56. The minimum absolute atomic E-state index is 0.250. The number of aldehydes is 1. The van der Waals surface area contributed by atoms with Crippen LogP contribution in [0.2, 0.25) is 0 Å². The summed E-state index contributed by atoms with van der Waals surface area (Å²) in [5, 5.41) is 0. The van der Waals surface area contributed by atoms with Crippen molar-refractivity contribution in [2.45, 2.75) is 17.8 Å². The lowest BCUT2D eigenvalue weighted by atomic mass is 9.42. The molecule has 3 aromatic carbocycles. The maximum absolute atomic E-state index is 13.9. The van der Waals surface area contributed by atoms with Crippen molar-refractivity contribution >= 4 is 39.7 Å². The third-order valence-electron chi connectivity index (χ3n) is 7.56. The van der Waals surface area contributed by atoms with Gasteiger partial charge in [0.1, 0.15) is 6.29 Å². The van der Waals surface area contributed by atoms with E-state index in [0.29, 0.717) is 10.2 Å². The summed E-state index contributed by atoms with van der Waals surface area (Å²) in [4.78, 5) is 42.2. The maximum Gasteiger partial charge on any atom is 0.239 e. The second kappa shape index (κ2) is 6.01.